The van der Waals surface area contributed by atoms with Crippen LogP contribution in [-0.2, 0) is 11.2 Å². The number of carbonyl (C=O) groups excluding carboxylic acids is 1. The lowest BCUT2D eigenvalue weighted by Crippen LogP contribution is -2.17. The average Bonchev–Trinajstić information content (AvgIpc) is 2.37. The van der Waals surface area contributed by atoms with Crippen molar-refractivity contribution < 1.29 is 9.90 Å². The summed E-state index contributed by atoms with van der Waals surface area (Å²) in [6.45, 7) is 3.59. The number of rotatable bonds is 3. The number of phenols is 1. The van der Waals surface area contributed by atoms with Crippen LogP contribution < -0.4 is 5.32 Å². The first-order valence-corrected chi connectivity index (χ1v) is 5.81. The topological polar surface area (TPSA) is 88.0 Å². The minimum atomic E-state index is -0.299. The summed E-state index contributed by atoms with van der Waals surface area (Å²) in [6.07, 6.45) is 0.0585. The second-order valence-corrected chi connectivity index (χ2v) is 4.16. The molecule has 0 saturated carbocycles. The van der Waals surface area contributed by atoms with Crippen LogP contribution in [0.1, 0.15) is 17.0 Å². The number of para-hydroxylation sites is 1. The van der Waals surface area contributed by atoms with Crippen molar-refractivity contribution in [2.45, 2.75) is 20.3 Å². The van der Waals surface area contributed by atoms with Crippen LogP contribution in [-0.4, -0.2) is 26.2 Å². The number of nitrogens with zero attached hydrogens (tertiary/aromatic N) is 3. The molecule has 1 amide bonds. The maximum Gasteiger partial charge on any atom is 0.249 e. The Hall–Kier alpha value is -2.50. The number of aryl methyl sites for hydroxylation is 2. The molecule has 0 unspecified atom stereocenters. The average molecular weight is 258 g/mol. The molecule has 0 aliphatic heterocycles. The molecule has 98 valence electrons. The molecule has 0 saturated heterocycles. The molecule has 19 heavy (non-hydrogen) atoms. The molecule has 0 fully saturated rings. The number of amides is 1. The van der Waals surface area contributed by atoms with Crippen molar-refractivity contribution in [3.8, 4) is 5.75 Å². The molecule has 2 rings (SSSR count). The first kappa shape index (κ1) is 12.9. The van der Waals surface area contributed by atoms with Crippen molar-refractivity contribution in [2.75, 3.05) is 5.32 Å². The van der Waals surface area contributed by atoms with E-state index < -0.39 is 0 Å². The monoisotopic (exact) mass is 258 g/mol. The van der Waals surface area contributed by atoms with Gasteiger partial charge in [-0.25, -0.2) is 4.98 Å². The molecule has 0 radical (unpaired) electrons. The van der Waals surface area contributed by atoms with Crippen LogP contribution in [0.3, 0.4) is 0 Å². The number of hydrogen-bond donors (Lipinski definition) is 2. The van der Waals surface area contributed by atoms with Crippen molar-refractivity contribution >= 4 is 11.9 Å². The summed E-state index contributed by atoms with van der Waals surface area (Å²) < 4.78 is 0. The van der Waals surface area contributed by atoms with Crippen molar-refractivity contribution in [2.24, 2.45) is 0 Å². The summed E-state index contributed by atoms with van der Waals surface area (Å²) in [5.41, 5.74) is 1.99. The minimum absolute atomic E-state index is 0.0585. The second kappa shape index (κ2) is 5.43. The fourth-order valence-corrected chi connectivity index (χ4v) is 1.51. The third kappa shape index (κ3) is 3.25. The summed E-state index contributed by atoms with van der Waals surface area (Å²) >= 11 is 0. The molecule has 1 aromatic heterocycles. The van der Waals surface area contributed by atoms with Gasteiger partial charge in [0, 0.05) is 5.56 Å². The zero-order valence-corrected chi connectivity index (χ0v) is 10.7. The summed E-state index contributed by atoms with van der Waals surface area (Å²) in [6, 6.07) is 6.69. The number of phenolic OH excluding ortho intramolecular Hbond substituents is 1. The van der Waals surface area contributed by atoms with Crippen LogP contribution in [0.25, 0.3) is 0 Å². The molecule has 0 bridgehead atoms. The quantitative estimate of drug-likeness (QED) is 0.868. The molecule has 0 aliphatic carbocycles. The van der Waals surface area contributed by atoms with E-state index in [1.807, 2.05) is 0 Å². The fourth-order valence-electron chi connectivity index (χ4n) is 1.51. The number of aromatic hydroxyl groups is 1. The van der Waals surface area contributed by atoms with Gasteiger partial charge in [0.25, 0.3) is 0 Å². The molecule has 2 aromatic rings. The lowest BCUT2D eigenvalue weighted by molar-refractivity contribution is -0.115. The first-order valence-electron chi connectivity index (χ1n) is 5.81. The van der Waals surface area contributed by atoms with Gasteiger partial charge in [-0.1, -0.05) is 18.2 Å². The summed E-state index contributed by atoms with van der Waals surface area (Å²) in [7, 11) is 0. The van der Waals surface area contributed by atoms with Crippen molar-refractivity contribution in [1.82, 2.24) is 15.2 Å². The third-order valence-electron chi connectivity index (χ3n) is 2.69. The summed E-state index contributed by atoms with van der Waals surface area (Å²) in [5, 5.41) is 19.8. The van der Waals surface area contributed by atoms with Gasteiger partial charge in [-0.15, -0.1) is 5.10 Å². The number of aromatic nitrogens is 3. The lowest BCUT2D eigenvalue weighted by atomic mass is 10.1. The molecular formula is C13H14N4O2. The van der Waals surface area contributed by atoms with E-state index in [2.05, 4.69) is 20.5 Å². The van der Waals surface area contributed by atoms with Gasteiger partial charge in [0.05, 0.1) is 17.8 Å². The van der Waals surface area contributed by atoms with Gasteiger partial charge < -0.3 is 5.11 Å². The molecule has 0 spiro atoms. The van der Waals surface area contributed by atoms with E-state index in [0.29, 0.717) is 11.3 Å². The zero-order valence-electron chi connectivity index (χ0n) is 10.7. The first-order chi connectivity index (χ1) is 9.06. The predicted molar refractivity (Wildman–Crippen MR) is 69.7 cm³/mol. The third-order valence-corrected chi connectivity index (χ3v) is 2.69. The number of carbonyl (C=O) groups is 1. The van der Waals surface area contributed by atoms with E-state index in [4.69, 9.17) is 0 Å². The van der Waals surface area contributed by atoms with Gasteiger partial charge in [0.2, 0.25) is 11.9 Å². The Labute approximate surface area is 110 Å². The van der Waals surface area contributed by atoms with Crippen molar-refractivity contribution in [3.05, 3.63) is 41.2 Å². The Morgan fingerprint density at radius 1 is 1.21 bits per heavy atom. The molecule has 2 N–H and O–H groups in total. The molecule has 0 aliphatic rings. The molecular weight excluding hydrogens is 244 g/mol. The van der Waals surface area contributed by atoms with E-state index in [-0.39, 0.29) is 24.0 Å². The van der Waals surface area contributed by atoms with Crippen LogP contribution in [0.2, 0.25) is 0 Å². The Bertz CT molecular complexity index is 613. The number of benzene rings is 1. The van der Waals surface area contributed by atoms with Crippen LogP contribution in [0.4, 0.5) is 5.95 Å². The van der Waals surface area contributed by atoms with Gasteiger partial charge >= 0.3 is 0 Å². The summed E-state index contributed by atoms with van der Waals surface area (Å²) in [4.78, 5) is 15.9. The zero-order chi connectivity index (χ0) is 13.8. The van der Waals surface area contributed by atoms with E-state index in [0.717, 1.165) is 5.69 Å². The van der Waals surface area contributed by atoms with Crippen molar-refractivity contribution in [3.63, 3.8) is 0 Å². The molecule has 6 nitrogen and oxygen atoms in total. The predicted octanol–water partition coefficient (Wildman–Crippen LogP) is 1.38. The number of hydrogen-bond acceptors (Lipinski definition) is 5. The normalized spacial score (nSPS) is 10.2. The Morgan fingerprint density at radius 3 is 2.63 bits per heavy atom. The number of nitrogens with one attached hydrogen (secondary N) is 1. The highest BCUT2D eigenvalue weighted by Gasteiger charge is 2.09. The highest BCUT2D eigenvalue weighted by molar-refractivity contribution is 5.90. The Kier molecular flexibility index (Phi) is 3.70. The second-order valence-electron chi connectivity index (χ2n) is 4.16. The lowest BCUT2D eigenvalue weighted by Gasteiger charge is -2.06. The van der Waals surface area contributed by atoms with Crippen LogP contribution in [0.15, 0.2) is 24.3 Å². The van der Waals surface area contributed by atoms with Crippen LogP contribution >= 0.6 is 0 Å². The maximum absolute atomic E-state index is 11.8. The molecule has 0 atom stereocenters. The van der Waals surface area contributed by atoms with Gasteiger partial charge in [0.1, 0.15) is 5.75 Å². The molecule has 1 heterocycles. The van der Waals surface area contributed by atoms with Gasteiger partial charge in [-0.05, 0) is 19.9 Å². The smallest absolute Gasteiger partial charge is 0.249 e. The molecule has 1 aromatic carbocycles. The van der Waals surface area contributed by atoms with Gasteiger partial charge in [-0.3, -0.25) is 10.1 Å². The highest BCUT2D eigenvalue weighted by Crippen LogP contribution is 2.16. The largest absolute Gasteiger partial charge is 0.508 e. The minimum Gasteiger partial charge on any atom is -0.508 e. The van der Waals surface area contributed by atoms with Crippen LogP contribution in [0.5, 0.6) is 5.75 Å². The van der Waals surface area contributed by atoms with E-state index in [1.54, 1.807) is 32.0 Å². The maximum atomic E-state index is 11.8. The fraction of sp³-hybridized carbons (Fsp3) is 0.231. The van der Waals surface area contributed by atoms with Crippen LogP contribution in [0, 0.1) is 13.8 Å². The van der Waals surface area contributed by atoms with E-state index >= 15 is 0 Å². The SMILES string of the molecule is Cc1nnc(NC(=O)Cc2ccccc2O)nc1C. The Morgan fingerprint density at radius 2 is 1.95 bits per heavy atom. The standard InChI is InChI=1S/C13H14N4O2/c1-8-9(2)16-17-13(14-8)15-12(19)7-10-5-3-4-6-11(10)18/h3-6,18H,7H2,1-2H3,(H,14,15,17,19). The highest BCUT2D eigenvalue weighted by atomic mass is 16.3. The summed E-state index contributed by atoms with van der Waals surface area (Å²) in [5.74, 6) is -0.0353. The Balaban J connectivity index is 2.05. The van der Waals surface area contributed by atoms with Gasteiger partial charge in [-0.2, -0.15) is 5.10 Å². The van der Waals surface area contributed by atoms with E-state index in [1.165, 1.54) is 6.07 Å². The number of anilines is 1. The van der Waals surface area contributed by atoms with Gasteiger partial charge in [0.15, 0.2) is 0 Å². The van der Waals surface area contributed by atoms with Crippen molar-refractivity contribution in [1.29, 1.82) is 0 Å². The molecule has 6 heteroatoms. The van der Waals surface area contributed by atoms with E-state index in [9.17, 15) is 9.90 Å².